The first-order valence-corrected chi connectivity index (χ1v) is 16.4. The van der Waals surface area contributed by atoms with Crippen molar-refractivity contribution in [3.8, 4) is 28.6 Å². The minimum Gasteiger partial charge on any atom is -0.381 e. The highest BCUT2D eigenvalue weighted by Gasteiger charge is 2.45. The third kappa shape index (κ3) is 6.38. The van der Waals surface area contributed by atoms with Crippen molar-refractivity contribution in [3.05, 3.63) is 76.6 Å². The van der Waals surface area contributed by atoms with E-state index in [1.165, 1.54) is 11.0 Å². The van der Waals surface area contributed by atoms with E-state index in [-0.39, 0.29) is 34.8 Å². The van der Waals surface area contributed by atoms with Crippen LogP contribution in [-0.2, 0) is 31.1 Å². The molecule has 254 valence electrons. The number of hydrogen-bond acceptors (Lipinski definition) is 8. The molecule has 3 aliphatic heterocycles. The number of nitrogens with zero attached hydrogens (tertiary/aromatic N) is 7. The van der Waals surface area contributed by atoms with Crippen LogP contribution >= 0.6 is 0 Å². The Morgan fingerprint density at radius 2 is 1.92 bits per heavy atom. The molecule has 0 aliphatic carbocycles. The summed E-state index contributed by atoms with van der Waals surface area (Å²) >= 11 is 0. The van der Waals surface area contributed by atoms with Gasteiger partial charge in [-0.25, -0.2) is 4.98 Å². The number of nitriles is 1. The number of pyridine rings is 1. The molecule has 4 aromatic rings. The molecule has 10 nitrogen and oxygen atoms in total. The molecule has 0 unspecified atom stereocenters. The van der Waals surface area contributed by atoms with E-state index < -0.39 is 17.6 Å². The van der Waals surface area contributed by atoms with Crippen LogP contribution in [0.3, 0.4) is 0 Å². The number of ether oxygens (including phenoxy) is 1. The van der Waals surface area contributed by atoms with Gasteiger partial charge in [-0.05, 0) is 83.5 Å². The van der Waals surface area contributed by atoms with Crippen LogP contribution in [-0.4, -0.2) is 63.4 Å². The summed E-state index contributed by atoms with van der Waals surface area (Å²) in [6.07, 6.45) is -1.03. The fraction of sp³-hybridized carbons (Fsp3) is 0.417. The van der Waals surface area contributed by atoms with E-state index in [1.54, 1.807) is 41.2 Å². The lowest BCUT2D eigenvalue weighted by Gasteiger charge is -2.52. The van der Waals surface area contributed by atoms with Crippen molar-refractivity contribution in [2.24, 2.45) is 18.4 Å². The first-order valence-electron chi connectivity index (χ1n) is 16.4. The lowest BCUT2D eigenvalue weighted by Crippen LogP contribution is -2.59. The van der Waals surface area contributed by atoms with Crippen LogP contribution in [0.5, 0.6) is 0 Å². The van der Waals surface area contributed by atoms with Crippen molar-refractivity contribution < 1.29 is 22.7 Å². The first kappa shape index (κ1) is 32.7. The average Bonchev–Trinajstić information content (AvgIpc) is 3.64. The summed E-state index contributed by atoms with van der Waals surface area (Å²) in [6, 6.07) is 13.7. The molecule has 2 aromatic carbocycles. The molecule has 1 N–H and O–H groups in total. The Balaban J connectivity index is 1.27. The van der Waals surface area contributed by atoms with E-state index in [9.17, 15) is 23.2 Å². The summed E-state index contributed by atoms with van der Waals surface area (Å²) in [5.41, 5.74) is 2.07. The third-order valence-electron chi connectivity index (χ3n) is 9.53. The number of rotatable bonds is 8. The van der Waals surface area contributed by atoms with Crippen LogP contribution in [0.4, 0.5) is 24.8 Å². The van der Waals surface area contributed by atoms with Gasteiger partial charge < -0.3 is 14.6 Å². The molecule has 0 bridgehead atoms. The van der Waals surface area contributed by atoms with Gasteiger partial charge in [0.25, 0.3) is 5.91 Å². The lowest BCUT2D eigenvalue weighted by atomic mass is 9.75. The fourth-order valence-electron chi connectivity index (χ4n) is 7.21. The molecule has 1 spiro atoms. The summed E-state index contributed by atoms with van der Waals surface area (Å²) in [6.45, 7) is 7.65. The summed E-state index contributed by atoms with van der Waals surface area (Å²) in [5, 5.41) is 21.3. The zero-order chi connectivity index (χ0) is 34.5. The number of nitrogens with one attached hydrogen (secondary N) is 1. The van der Waals surface area contributed by atoms with Crippen LogP contribution in [0.1, 0.15) is 59.3 Å². The van der Waals surface area contributed by atoms with Gasteiger partial charge in [0.15, 0.2) is 5.82 Å². The SMILES string of the molecule is CC(C)CNc1cc(-c2cc(C#N)ccc2-c2nncn2C)cc(N2Cc3c(cc(CN4CC5(CCCOC5)C4)cc3C(F)(F)F)C2=O)n1. The molecular formula is C36H37F3N8O2. The Morgan fingerprint density at radius 3 is 2.59 bits per heavy atom. The number of anilines is 2. The highest BCUT2D eigenvalue weighted by molar-refractivity contribution is 6.10. The number of hydrogen-bond donors (Lipinski definition) is 1. The van der Waals surface area contributed by atoms with E-state index in [0.717, 1.165) is 32.5 Å². The van der Waals surface area contributed by atoms with Gasteiger partial charge >= 0.3 is 6.18 Å². The van der Waals surface area contributed by atoms with Crippen molar-refractivity contribution in [3.63, 3.8) is 0 Å². The zero-order valence-electron chi connectivity index (χ0n) is 27.6. The smallest absolute Gasteiger partial charge is 0.381 e. The third-order valence-corrected chi connectivity index (χ3v) is 9.53. The number of amides is 1. The minimum absolute atomic E-state index is 0.0382. The molecule has 5 heterocycles. The highest BCUT2D eigenvalue weighted by Crippen LogP contribution is 2.43. The van der Waals surface area contributed by atoms with E-state index in [2.05, 4.69) is 26.5 Å². The Bertz CT molecular complexity index is 1950. The van der Waals surface area contributed by atoms with E-state index in [0.29, 0.717) is 59.2 Å². The largest absolute Gasteiger partial charge is 0.416 e. The monoisotopic (exact) mass is 670 g/mol. The summed E-state index contributed by atoms with van der Waals surface area (Å²) in [7, 11) is 1.81. The number of alkyl halides is 3. The molecule has 3 aliphatic rings. The van der Waals surface area contributed by atoms with Crippen molar-refractivity contribution in [2.45, 2.75) is 46.0 Å². The maximum atomic E-state index is 14.6. The van der Waals surface area contributed by atoms with E-state index in [1.807, 2.05) is 27.0 Å². The minimum atomic E-state index is -4.65. The van der Waals surface area contributed by atoms with E-state index >= 15 is 0 Å². The zero-order valence-corrected chi connectivity index (χ0v) is 27.6. The molecule has 7 rings (SSSR count). The van der Waals surface area contributed by atoms with Crippen molar-refractivity contribution in [1.29, 1.82) is 5.26 Å². The first-order chi connectivity index (χ1) is 23.4. The van der Waals surface area contributed by atoms with Crippen LogP contribution in [0, 0.1) is 22.7 Å². The van der Waals surface area contributed by atoms with Crippen molar-refractivity contribution >= 4 is 17.5 Å². The van der Waals surface area contributed by atoms with Gasteiger partial charge in [0.05, 0.1) is 30.3 Å². The van der Waals surface area contributed by atoms with Crippen molar-refractivity contribution in [2.75, 3.05) is 43.1 Å². The molecular weight excluding hydrogens is 633 g/mol. The highest BCUT2D eigenvalue weighted by atomic mass is 19.4. The fourth-order valence-corrected chi connectivity index (χ4v) is 7.21. The molecule has 13 heteroatoms. The molecule has 0 saturated carbocycles. The molecule has 2 aromatic heterocycles. The molecule has 49 heavy (non-hydrogen) atoms. The summed E-state index contributed by atoms with van der Waals surface area (Å²) in [4.78, 5) is 22.2. The van der Waals surface area contributed by atoms with Crippen LogP contribution < -0.4 is 10.2 Å². The average molecular weight is 671 g/mol. The standard InChI is InChI=1S/C36H37F3N8O2/c1-22(2)15-41-31-12-25(27-9-23(14-40)5-6-26(27)33-44-42-21-45(33)3)13-32(43-31)47-17-29-28(34(47)48)10-24(11-30(29)36(37,38)39)16-46-18-35(19-46)7-4-8-49-20-35/h5-6,9-13,21-22H,4,7-8,15-20H2,1-3H3,(H,41,43). The second-order valence-electron chi connectivity index (χ2n) is 13.9. The predicted molar refractivity (Wildman–Crippen MR) is 177 cm³/mol. The number of benzene rings is 2. The van der Waals surface area contributed by atoms with Crippen LogP contribution in [0.15, 0.2) is 48.8 Å². The molecule has 1 amide bonds. The molecule has 0 atom stereocenters. The van der Waals surface area contributed by atoms with Gasteiger partial charge in [-0.1, -0.05) is 13.8 Å². The number of likely N-dealkylation sites (tertiary alicyclic amines) is 1. The van der Waals surface area contributed by atoms with Crippen LogP contribution in [0.25, 0.3) is 22.5 Å². The van der Waals surface area contributed by atoms with Gasteiger partial charge in [-0.3, -0.25) is 14.6 Å². The molecule has 2 fully saturated rings. The molecule has 0 radical (unpaired) electrons. The normalized spacial score (nSPS) is 17.3. The van der Waals surface area contributed by atoms with Gasteiger partial charge in [0.1, 0.15) is 18.0 Å². The summed E-state index contributed by atoms with van der Waals surface area (Å²) < 4.78 is 51.2. The predicted octanol–water partition coefficient (Wildman–Crippen LogP) is 6.28. The van der Waals surface area contributed by atoms with Crippen LogP contribution in [0.2, 0.25) is 0 Å². The van der Waals surface area contributed by atoms with Gasteiger partial charge in [0.2, 0.25) is 0 Å². The molecule has 2 saturated heterocycles. The lowest BCUT2D eigenvalue weighted by molar-refractivity contribution is -0.138. The number of aryl methyl sites for hydroxylation is 1. The second kappa shape index (κ2) is 12.6. The van der Waals surface area contributed by atoms with Crippen molar-refractivity contribution in [1.82, 2.24) is 24.6 Å². The summed E-state index contributed by atoms with van der Waals surface area (Å²) in [5.74, 6) is 0.939. The Labute approximate surface area is 282 Å². The van der Waals surface area contributed by atoms with Gasteiger partial charge in [-0.15, -0.1) is 10.2 Å². The quantitative estimate of drug-likeness (QED) is 0.233. The Morgan fingerprint density at radius 1 is 1.10 bits per heavy atom. The number of aromatic nitrogens is 4. The maximum absolute atomic E-state index is 14.6. The number of fused-ring (bicyclic) bond motifs is 1. The van der Waals surface area contributed by atoms with Gasteiger partial charge in [0, 0.05) is 56.4 Å². The maximum Gasteiger partial charge on any atom is 0.416 e. The number of carbonyl (C=O) groups is 1. The number of halogens is 3. The second-order valence-corrected chi connectivity index (χ2v) is 13.9. The Hall–Kier alpha value is -4.80. The van der Waals surface area contributed by atoms with E-state index in [4.69, 9.17) is 9.72 Å². The Kier molecular flexibility index (Phi) is 8.40. The topological polar surface area (TPSA) is 112 Å². The van der Waals surface area contributed by atoms with Gasteiger partial charge in [-0.2, -0.15) is 18.4 Å². The number of carbonyl (C=O) groups excluding carboxylic acids is 1.